The number of hydrogen-bond acceptors (Lipinski definition) is 4. The Hall–Kier alpha value is -0.170. The lowest BCUT2D eigenvalue weighted by Crippen LogP contribution is -2.37. The molecule has 0 aromatic carbocycles. The molecule has 0 aromatic rings. The zero-order valence-electron chi connectivity index (χ0n) is 6.95. The first-order chi connectivity index (χ1) is 5.67. The van der Waals surface area contributed by atoms with Crippen molar-refractivity contribution in [3.63, 3.8) is 0 Å². The number of rotatable bonds is 3. The fraction of sp³-hybridized carbons (Fsp3) is 1.00. The molecule has 0 atom stereocenters. The molecule has 0 radical (unpaired) electrons. The zero-order chi connectivity index (χ0) is 9.03. The van der Waals surface area contributed by atoms with Crippen molar-refractivity contribution in [1.29, 1.82) is 0 Å². The van der Waals surface area contributed by atoms with Crippen LogP contribution in [0.15, 0.2) is 0 Å². The highest BCUT2D eigenvalue weighted by Crippen LogP contribution is 2.14. The van der Waals surface area contributed by atoms with E-state index in [0.29, 0.717) is 26.1 Å². The van der Waals surface area contributed by atoms with E-state index in [1.807, 2.05) is 4.89 Å². The van der Waals surface area contributed by atoms with Crippen molar-refractivity contribution in [1.82, 2.24) is 4.89 Å². The summed E-state index contributed by atoms with van der Waals surface area (Å²) >= 11 is 0. The lowest BCUT2D eigenvalue weighted by Gasteiger charge is -2.21. The fourth-order valence-electron chi connectivity index (χ4n) is 1.17. The van der Waals surface area contributed by atoms with Gasteiger partial charge in [0.2, 0.25) is 10.0 Å². The molecule has 1 heterocycles. The molecule has 1 aliphatic rings. The molecule has 1 rings (SSSR count). The predicted molar refractivity (Wildman–Crippen MR) is 42.9 cm³/mol. The highest BCUT2D eigenvalue weighted by Gasteiger charge is 2.27. The van der Waals surface area contributed by atoms with Crippen molar-refractivity contribution < 1.29 is 18.0 Å². The highest BCUT2D eigenvalue weighted by atomic mass is 32.2. The molecule has 0 spiro atoms. The van der Waals surface area contributed by atoms with E-state index >= 15 is 0 Å². The van der Waals surface area contributed by atoms with Gasteiger partial charge in [-0.25, -0.2) is 8.42 Å². The first-order valence-electron chi connectivity index (χ1n) is 3.78. The van der Waals surface area contributed by atoms with E-state index in [1.165, 1.54) is 7.11 Å². The summed E-state index contributed by atoms with van der Waals surface area (Å²) in [7, 11) is -2.00. The zero-order valence-corrected chi connectivity index (χ0v) is 7.76. The molecule has 0 amide bonds. The number of hydrogen-bond donors (Lipinski definition) is 1. The van der Waals surface area contributed by atoms with Crippen LogP contribution in [-0.4, -0.2) is 34.0 Å². The molecule has 0 bridgehead atoms. The minimum atomic E-state index is -3.29. The summed E-state index contributed by atoms with van der Waals surface area (Å²) in [5, 5.41) is -0.369. The van der Waals surface area contributed by atoms with Crippen LogP contribution in [0.5, 0.6) is 0 Å². The summed E-state index contributed by atoms with van der Waals surface area (Å²) in [6.07, 6.45) is 1.08. The second-order valence-electron chi connectivity index (χ2n) is 2.64. The minimum absolute atomic E-state index is 0.369. The van der Waals surface area contributed by atoms with Gasteiger partial charge in [-0.05, 0) is 12.8 Å². The predicted octanol–water partition coefficient (Wildman–Crippen LogP) is -0.354. The lowest BCUT2D eigenvalue weighted by molar-refractivity contribution is 0.0948. The Kier molecular flexibility index (Phi) is 3.45. The number of sulfonamides is 1. The lowest BCUT2D eigenvalue weighted by atomic mass is 10.2. The van der Waals surface area contributed by atoms with E-state index in [-0.39, 0.29) is 5.25 Å². The maximum Gasteiger partial charge on any atom is 0.236 e. The van der Waals surface area contributed by atoms with Crippen LogP contribution in [0.25, 0.3) is 0 Å². The Morgan fingerprint density at radius 2 is 2.00 bits per heavy atom. The van der Waals surface area contributed by atoms with Gasteiger partial charge in [-0.1, -0.05) is 4.89 Å². The van der Waals surface area contributed by atoms with E-state index in [1.54, 1.807) is 0 Å². The van der Waals surface area contributed by atoms with Crippen molar-refractivity contribution in [3.8, 4) is 0 Å². The van der Waals surface area contributed by atoms with Crippen molar-refractivity contribution >= 4 is 10.0 Å². The summed E-state index contributed by atoms with van der Waals surface area (Å²) in [5.41, 5.74) is 0. The van der Waals surface area contributed by atoms with Crippen LogP contribution in [0, 0.1) is 0 Å². The van der Waals surface area contributed by atoms with Crippen LogP contribution >= 0.6 is 0 Å². The van der Waals surface area contributed by atoms with Crippen LogP contribution in [0.1, 0.15) is 12.8 Å². The molecule has 1 aliphatic heterocycles. The van der Waals surface area contributed by atoms with Gasteiger partial charge in [0.15, 0.2) is 0 Å². The standard InChI is InChI=1S/C6H13NO4S/c1-10-7-12(8,9)6-2-4-11-5-3-6/h6-7H,2-5H2,1H3. The average molecular weight is 195 g/mol. The van der Waals surface area contributed by atoms with Gasteiger partial charge in [0.1, 0.15) is 0 Å². The van der Waals surface area contributed by atoms with Crippen LogP contribution < -0.4 is 4.89 Å². The van der Waals surface area contributed by atoms with Crippen LogP contribution in [0.4, 0.5) is 0 Å². The molecule has 0 saturated carbocycles. The molecular weight excluding hydrogens is 182 g/mol. The Labute approximate surface area is 72.0 Å². The van der Waals surface area contributed by atoms with Gasteiger partial charge in [0, 0.05) is 13.2 Å². The van der Waals surface area contributed by atoms with Crippen LogP contribution in [-0.2, 0) is 19.6 Å². The Bertz CT molecular complexity index is 220. The molecule has 72 valence electrons. The summed E-state index contributed by atoms with van der Waals surface area (Å²) in [6, 6.07) is 0. The summed E-state index contributed by atoms with van der Waals surface area (Å²) in [5.74, 6) is 0. The topological polar surface area (TPSA) is 64.6 Å². The van der Waals surface area contributed by atoms with Crippen molar-refractivity contribution in [3.05, 3.63) is 0 Å². The van der Waals surface area contributed by atoms with Gasteiger partial charge in [-0.2, -0.15) is 0 Å². The first kappa shape index (κ1) is 9.91. The van der Waals surface area contributed by atoms with Gasteiger partial charge in [-0.15, -0.1) is 0 Å². The molecule has 1 fully saturated rings. The van der Waals surface area contributed by atoms with Gasteiger partial charge < -0.3 is 4.74 Å². The molecule has 6 heteroatoms. The van der Waals surface area contributed by atoms with E-state index in [4.69, 9.17) is 4.74 Å². The molecule has 0 aliphatic carbocycles. The molecule has 12 heavy (non-hydrogen) atoms. The molecule has 1 saturated heterocycles. The molecule has 5 nitrogen and oxygen atoms in total. The first-order valence-corrected chi connectivity index (χ1v) is 5.33. The Morgan fingerprint density at radius 3 is 2.50 bits per heavy atom. The largest absolute Gasteiger partial charge is 0.381 e. The maximum atomic E-state index is 11.3. The third kappa shape index (κ3) is 2.41. The van der Waals surface area contributed by atoms with Gasteiger partial charge in [0.25, 0.3) is 0 Å². The smallest absolute Gasteiger partial charge is 0.236 e. The minimum Gasteiger partial charge on any atom is -0.381 e. The fourth-order valence-corrected chi connectivity index (χ4v) is 2.35. The highest BCUT2D eigenvalue weighted by molar-refractivity contribution is 7.89. The Balaban J connectivity index is 2.54. The maximum absolute atomic E-state index is 11.3. The van der Waals surface area contributed by atoms with E-state index in [9.17, 15) is 8.42 Å². The summed E-state index contributed by atoms with van der Waals surface area (Å²) in [4.78, 5) is 6.39. The van der Waals surface area contributed by atoms with Crippen molar-refractivity contribution in [2.45, 2.75) is 18.1 Å². The van der Waals surface area contributed by atoms with Crippen molar-refractivity contribution in [2.24, 2.45) is 0 Å². The molecular formula is C6H13NO4S. The normalized spacial score (nSPS) is 21.1. The third-order valence-corrected chi connectivity index (χ3v) is 3.55. The van der Waals surface area contributed by atoms with E-state index in [0.717, 1.165) is 0 Å². The number of ether oxygens (including phenoxy) is 1. The van der Waals surface area contributed by atoms with Gasteiger partial charge in [0.05, 0.1) is 12.4 Å². The quantitative estimate of drug-likeness (QED) is 0.625. The monoisotopic (exact) mass is 195 g/mol. The molecule has 0 unspecified atom stereocenters. The van der Waals surface area contributed by atoms with E-state index in [2.05, 4.69) is 4.84 Å². The van der Waals surface area contributed by atoms with Crippen LogP contribution in [0.2, 0.25) is 0 Å². The van der Waals surface area contributed by atoms with Gasteiger partial charge in [-0.3, -0.25) is 4.84 Å². The number of nitrogens with one attached hydrogen (secondary N) is 1. The summed E-state index contributed by atoms with van der Waals surface area (Å²) < 4.78 is 27.6. The second-order valence-corrected chi connectivity index (χ2v) is 4.57. The summed E-state index contributed by atoms with van der Waals surface area (Å²) in [6.45, 7) is 1.02. The SMILES string of the molecule is CONS(=O)(=O)C1CCOCC1. The van der Waals surface area contributed by atoms with Crippen molar-refractivity contribution in [2.75, 3.05) is 20.3 Å². The Morgan fingerprint density at radius 1 is 1.42 bits per heavy atom. The average Bonchev–Trinajstić information content (AvgIpc) is 2.06. The van der Waals surface area contributed by atoms with Crippen LogP contribution in [0.3, 0.4) is 0 Å². The molecule has 1 N–H and O–H groups in total. The second kappa shape index (κ2) is 4.18. The van der Waals surface area contributed by atoms with E-state index < -0.39 is 10.0 Å². The molecule has 0 aromatic heterocycles. The van der Waals surface area contributed by atoms with Gasteiger partial charge >= 0.3 is 0 Å². The third-order valence-electron chi connectivity index (χ3n) is 1.81.